The number of nitrogens with zero attached hydrogens (tertiary/aromatic N) is 2. The van der Waals surface area contributed by atoms with Gasteiger partial charge in [-0.2, -0.15) is 0 Å². The van der Waals surface area contributed by atoms with Gasteiger partial charge in [-0.05, 0) is 44.1 Å². The monoisotopic (exact) mass is 538 g/mol. The molecule has 3 aliphatic rings. The lowest BCUT2D eigenvalue weighted by Gasteiger charge is -2.39. The second-order valence-corrected chi connectivity index (χ2v) is 11.3. The zero-order chi connectivity index (χ0) is 28.4. The van der Waals surface area contributed by atoms with Gasteiger partial charge in [0, 0.05) is 13.1 Å². The first-order valence-corrected chi connectivity index (χ1v) is 14.0. The number of amides is 2. The number of likely N-dealkylation sites (tertiary alicyclic amines) is 1. The Morgan fingerprint density at radius 1 is 1.28 bits per heavy atom. The van der Waals surface area contributed by atoms with E-state index in [1.807, 2.05) is 51.1 Å². The summed E-state index contributed by atoms with van der Waals surface area (Å²) in [4.78, 5) is 45.5. The number of unbranched alkanes of at least 4 members (excludes halogenated alkanes) is 1. The van der Waals surface area contributed by atoms with E-state index in [-0.39, 0.29) is 37.5 Å². The van der Waals surface area contributed by atoms with Gasteiger partial charge in [-0.1, -0.05) is 56.3 Å². The smallest absolute Gasteiger partial charge is 0.312 e. The molecule has 3 fully saturated rings. The molecule has 4 rings (SSSR count). The fourth-order valence-corrected chi connectivity index (χ4v) is 6.98. The summed E-state index contributed by atoms with van der Waals surface area (Å²) in [5.74, 6) is -2.84. The van der Waals surface area contributed by atoms with E-state index >= 15 is 0 Å². The number of benzene rings is 1. The number of rotatable bonds is 13. The van der Waals surface area contributed by atoms with Crippen LogP contribution in [0.1, 0.15) is 52.0 Å². The topological polar surface area (TPSA) is 96.4 Å². The Morgan fingerprint density at radius 3 is 2.62 bits per heavy atom. The molecular formula is C31H42N2O6. The summed E-state index contributed by atoms with van der Waals surface area (Å²) in [6.45, 7) is 13.9. The number of carbonyl (C=O) groups is 3. The minimum absolute atomic E-state index is 0.0845. The van der Waals surface area contributed by atoms with Crippen molar-refractivity contribution in [3.05, 3.63) is 61.2 Å². The molecule has 7 atom stereocenters. The molecule has 39 heavy (non-hydrogen) atoms. The van der Waals surface area contributed by atoms with Crippen molar-refractivity contribution in [3.8, 4) is 0 Å². The SMILES string of the molecule is C=CCCCOC(=O)[C@H]1[C@H]2C(=O)N([C@@H](CC)CO)C(C(=O)N(CC=C)Cc3ccccc3)C23CC(C)[C@]1(C)O3. The summed E-state index contributed by atoms with van der Waals surface area (Å²) in [6.07, 6.45) is 5.71. The maximum Gasteiger partial charge on any atom is 0.312 e. The zero-order valence-electron chi connectivity index (χ0n) is 23.4. The fraction of sp³-hybridized carbons (Fsp3) is 0.581. The van der Waals surface area contributed by atoms with Crippen LogP contribution in [0.15, 0.2) is 55.6 Å². The second kappa shape index (κ2) is 11.6. The van der Waals surface area contributed by atoms with Gasteiger partial charge in [-0.25, -0.2) is 0 Å². The average molecular weight is 539 g/mol. The molecule has 0 aromatic heterocycles. The van der Waals surface area contributed by atoms with E-state index in [2.05, 4.69) is 13.2 Å². The number of hydrogen-bond donors (Lipinski definition) is 1. The van der Waals surface area contributed by atoms with E-state index < -0.39 is 41.1 Å². The van der Waals surface area contributed by atoms with Crippen molar-refractivity contribution in [2.24, 2.45) is 17.8 Å². The van der Waals surface area contributed by atoms with Crippen molar-refractivity contribution >= 4 is 17.8 Å². The summed E-state index contributed by atoms with van der Waals surface area (Å²) in [7, 11) is 0. The Kier molecular flexibility index (Phi) is 8.66. The van der Waals surface area contributed by atoms with E-state index in [1.165, 1.54) is 4.90 Å². The fourth-order valence-electron chi connectivity index (χ4n) is 6.98. The molecule has 3 unspecified atom stereocenters. The lowest BCUT2D eigenvalue weighted by molar-refractivity contribution is -0.164. The molecule has 8 heteroatoms. The van der Waals surface area contributed by atoms with Crippen LogP contribution < -0.4 is 0 Å². The molecule has 1 N–H and O–H groups in total. The quantitative estimate of drug-likeness (QED) is 0.235. The van der Waals surface area contributed by atoms with Crippen LogP contribution >= 0.6 is 0 Å². The molecule has 0 radical (unpaired) electrons. The first kappa shape index (κ1) is 29.0. The lowest BCUT2D eigenvalue weighted by Crippen LogP contribution is -2.58. The zero-order valence-corrected chi connectivity index (χ0v) is 23.4. The Labute approximate surface area is 231 Å². The molecule has 212 valence electrons. The van der Waals surface area contributed by atoms with Gasteiger partial charge in [0.15, 0.2) is 0 Å². The summed E-state index contributed by atoms with van der Waals surface area (Å²) >= 11 is 0. The highest BCUT2D eigenvalue weighted by atomic mass is 16.6. The normalized spacial score (nSPS) is 31.6. The Balaban J connectivity index is 1.75. The maximum absolute atomic E-state index is 14.5. The van der Waals surface area contributed by atoms with Crippen molar-refractivity contribution < 1.29 is 29.0 Å². The predicted octanol–water partition coefficient (Wildman–Crippen LogP) is 3.49. The first-order chi connectivity index (χ1) is 18.7. The number of fused-ring (bicyclic) bond motifs is 1. The van der Waals surface area contributed by atoms with Crippen molar-refractivity contribution in [1.82, 2.24) is 9.80 Å². The van der Waals surface area contributed by atoms with Crippen molar-refractivity contribution in [3.63, 3.8) is 0 Å². The van der Waals surface area contributed by atoms with Crippen LogP contribution in [0.2, 0.25) is 0 Å². The van der Waals surface area contributed by atoms with Gasteiger partial charge in [0.1, 0.15) is 17.6 Å². The van der Waals surface area contributed by atoms with E-state index in [0.717, 1.165) is 5.56 Å². The number of allylic oxidation sites excluding steroid dienone is 1. The number of carbonyl (C=O) groups excluding carboxylic acids is 3. The van der Waals surface area contributed by atoms with Crippen molar-refractivity contribution in [1.29, 1.82) is 0 Å². The molecule has 0 saturated carbocycles. The van der Waals surface area contributed by atoms with Crippen LogP contribution in [0, 0.1) is 17.8 Å². The summed E-state index contributed by atoms with van der Waals surface area (Å²) < 4.78 is 12.4. The third-order valence-corrected chi connectivity index (χ3v) is 8.99. The van der Waals surface area contributed by atoms with E-state index in [4.69, 9.17) is 9.47 Å². The molecular weight excluding hydrogens is 496 g/mol. The summed E-state index contributed by atoms with van der Waals surface area (Å²) in [5.41, 5.74) is -1.18. The molecule has 0 aliphatic carbocycles. The Bertz CT molecular complexity index is 1090. The molecule has 3 aliphatic heterocycles. The third-order valence-electron chi connectivity index (χ3n) is 8.99. The van der Waals surface area contributed by atoms with Gasteiger partial charge >= 0.3 is 5.97 Å². The Morgan fingerprint density at radius 2 is 2.00 bits per heavy atom. The number of aliphatic hydroxyl groups excluding tert-OH is 1. The molecule has 8 nitrogen and oxygen atoms in total. The van der Waals surface area contributed by atoms with E-state index in [9.17, 15) is 19.5 Å². The first-order valence-electron chi connectivity index (χ1n) is 14.0. The highest BCUT2D eigenvalue weighted by Crippen LogP contribution is 2.65. The molecule has 2 bridgehead atoms. The van der Waals surface area contributed by atoms with Gasteiger partial charge in [0.25, 0.3) is 0 Å². The van der Waals surface area contributed by atoms with Crippen LogP contribution in [0.3, 0.4) is 0 Å². The molecule has 1 aromatic carbocycles. The molecule has 3 saturated heterocycles. The lowest BCUT2D eigenvalue weighted by atomic mass is 9.62. The highest BCUT2D eigenvalue weighted by Gasteiger charge is 2.80. The second-order valence-electron chi connectivity index (χ2n) is 11.3. The van der Waals surface area contributed by atoms with Crippen LogP contribution in [0.5, 0.6) is 0 Å². The predicted molar refractivity (Wildman–Crippen MR) is 147 cm³/mol. The molecule has 1 aromatic rings. The third kappa shape index (κ3) is 4.82. The minimum Gasteiger partial charge on any atom is -0.465 e. The number of hydrogen-bond acceptors (Lipinski definition) is 6. The number of ether oxygens (including phenoxy) is 2. The van der Waals surface area contributed by atoms with Crippen LogP contribution in [-0.2, 0) is 30.4 Å². The maximum atomic E-state index is 14.5. The standard InChI is InChI=1S/C31H42N2O6/c1-6-9-13-17-38-29(37)25-24-27(35)33(23(8-3)20-34)26(31(24)18-21(4)30(25,5)39-31)28(36)32(16-7-2)19-22-14-11-10-12-15-22/h6-7,10-12,14-15,21,23-26,34H,1-2,8-9,13,16-20H2,3-5H3/t21?,23-,24-,25+,26?,30-,31?/m0/s1. The Hall–Kier alpha value is -2.97. The summed E-state index contributed by atoms with van der Waals surface area (Å²) in [5, 5.41) is 10.3. The van der Waals surface area contributed by atoms with Crippen molar-refractivity contribution in [2.75, 3.05) is 19.8 Å². The summed E-state index contributed by atoms with van der Waals surface area (Å²) in [6, 6.07) is 8.09. The van der Waals surface area contributed by atoms with Gasteiger partial charge in [0.2, 0.25) is 11.8 Å². The molecule has 2 amide bonds. The largest absolute Gasteiger partial charge is 0.465 e. The van der Waals surface area contributed by atoms with Crippen LogP contribution in [0.4, 0.5) is 0 Å². The van der Waals surface area contributed by atoms with Gasteiger partial charge in [-0.3, -0.25) is 14.4 Å². The highest BCUT2D eigenvalue weighted by molar-refractivity contribution is 5.98. The molecule has 1 spiro atoms. The number of esters is 1. The van der Waals surface area contributed by atoms with Gasteiger partial charge in [-0.15, -0.1) is 13.2 Å². The van der Waals surface area contributed by atoms with E-state index in [0.29, 0.717) is 32.2 Å². The molecule has 3 heterocycles. The van der Waals surface area contributed by atoms with Crippen molar-refractivity contribution in [2.45, 2.75) is 76.3 Å². The van der Waals surface area contributed by atoms with E-state index in [1.54, 1.807) is 17.1 Å². The van der Waals surface area contributed by atoms with Crippen LogP contribution in [0.25, 0.3) is 0 Å². The van der Waals surface area contributed by atoms with Gasteiger partial charge < -0.3 is 24.4 Å². The minimum atomic E-state index is -1.19. The van der Waals surface area contributed by atoms with Crippen LogP contribution in [-0.4, -0.2) is 75.7 Å². The average Bonchev–Trinajstić information content (AvgIpc) is 3.44. The van der Waals surface area contributed by atoms with Gasteiger partial charge in [0.05, 0.1) is 30.8 Å². The number of aliphatic hydroxyl groups is 1.